The third kappa shape index (κ3) is 1.34. The molecule has 1 aliphatic rings. The number of alkyl halides is 1. The normalized spacial score (nSPS) is 38.2. The van der Waals surface area contributed by atoms with E-state index in [0.29, 0.717) is 12.5 Å². The molecule has 0 spiro atoms. The Morgan fingerprint density at radius 3 is 2.75 bits per heavy atom. The zero-order chi connectivity index (χ0) is 5.98. The SMILES string of the molecule is C[C@H]1COC(CCl)O1. The molecule has 1 heterocycles. The highest BCUT2D eigenvalue weighted by Crippen LogP contribution is 2.10. The lowest BCUT2D eigenvalue weighted by atomic mass is 10.5. The van der Waals surface area contributed by atoms with Crippen molar-refractivity contribution in [3.8, 4) is 0 Å². The van der Waals surface area contributed by atoms with Crippen molar-refractivity contribution in [2.24, 2.45) is 0 Å². The van der Waals surface area contributed by atoms with Crippen LogP contribution < -0.4 is 0 Å². The summed E-state index contributed by atoms with van der Waals surface area (Å²) in [5.41, 5.74) is 0. The predicted molar refractivity (Wildman–Crippen MR) is 31.0 cm³/mol. The molecule has 1 unspecified atom stereocenters. The van der Waals surface area contributed by atoms with Gasteiger partial charge in [-0.1, -0.05) is 0 Å². The summed E-state index contributed by atoms with van der Waals surface area (Å²) in [6.45, 7) is 2.64. The van der Waals surface area contributed by atoms with E-state index >= 15 is 0 Å². The van der Waals surface area contributed by atoms with Crippen LogP contribution in [0.1, 0.15) is 6.92 Å². The average Bonchev–Trinajstić information content (AvgIpc) is 2.14. The van der Waals surface area contributed by atoms with Crippen molar-refractivity contribution in [2.75, 3.05) is 12.5 Å². The van der Waals surface area contributed by atoms with E-state index in [1.165, 1.54) is 0 Å². The van der Waals surface area contributed by atoms with Gasteiger partial charge >= 0.3 is 0 Å². The van der Waals surface area contributed by atoms with Gasteiger partial charge in [0.15, 0.2) is 6.29 Å². The zero-order valence-corrected chi connectivity index (χ0v) is 5.52. The molecular formula is C5H9ClO2. The molecule has 3 heteroatoms. The van der Waals surface area contributed by atoms with E-state index in [4.69, 9.17) is 21.1 Å². The molecule has 0 N–H and O–H groups in total. The minimum atomic E-state index is -0.160. The maximum absolute atomic E-state index is 5.42. The summed E-state index contributed by atoms with van der Waals surface area (Å²) in [4.78, 5) is 0. The van der Waals surface area contributed by atoms with Crippen molar-refractivity contribution < 1.29 is 9.47 Å². The summed E-state index contributed by atoms with van der Waals surface area (Å²) in [7, 11) is 0. The van der Waals surface area contributed by atoms with Crippen molar-refractivity contribution >= 4 is 11.6 Å². The van der Waals surface area contributed by atoms with Crippen LogP contribution in [0, 0.1) is 0 Å². The molecule has 2 atom stereocenters. The van der Waals surface area contributed by atoms with Gasteiger partial charge in [0, 0.05) is 0 Å². The molecule has 1 rings (SSSR count). The largest absolute Gasteiger partial charge is 0.349 e. The lowest BCUT2D eigenvalue weighted by molar-refractivity contribution is -0.0361. The molecule has 0 amide bonds. The number of ether oxygens (including phenoxy) is 2. The number of hydrogen-bond acceptors (Lipinski definition) is 2. The second-order valence-electron chi connectivity index (χ2n) is 1.86. The summed E-state index contributed by atoms with van der Waals surface area (Å²) in [6, 6.07) is 0. The highest BCUT2D eigenvalue weighted by atomic mass is 35.5. The Hall–Kier alpha value is 0.210. The molecule has 1 saturated heterocycles. The first kappa shape index (κ1) is 6.33. The maximum atomic E-state index is 5.42. The van der Waals surface area contributed by atoms with Gasteiger partial charge in [0.1, 0.15) is 0 Å². The maximum Gasteiger partial charge on any atom is 0.171 e. The Morgan fingerprint density at radius 2 is 2.50 bits per heavy atom. The van der Waals surface area contributed by atoms with E-state index in [1.807, 2.05) is 6.92 Å². The van der Waals surface area contributed by atoms with Crippen molar-refractivity contribution in [2.45, 2.75) is 19.3 Å². The van der Waals surface area contributed by atoms with Crippen LogP contribution in [0.4, 0.5) is 0 Å². The van der Waals surface area contributed by atoms with Crippen molar-refractivity contribution in [3.63, 3.8) is 0 Å². The molecule has 1 fully saturated rings. The number of halogens is 1. The topological polar surface area (TPSA) is 18.5 Å². The van der Waals surface area contributed by atoms with Crippen LogP contribution in [0.15, 0.2) is 0 Å². The van der Waals surface area contributed by atoms with Gasteiger partial charge in [-0.3, -0.25) is 0 Å². The molecule has 8 heavy (non-hydrogen) atoms. The van der Waals surface area contributed by atoms with Gasteiger partial charge in [-0.15, -0.1) is 11.6 Å². The number of rotatable bonds is 1. The molecule has 0 bridgehead atoms. The second kappa shape index (κ2) is 2.67. The molecule has 0 aromatic rings. The van der Waals surface area contributed by atoms with Gasteiger partial charge in [-0.2, -0.15) is 0 Å². The van der Waals surface area contributed by atoms with Gasteiger partial charge in [-0.25, -0.2) is 0 Å². The standard InChI is InChI=1S/C5H9ClO2/c1-4-3-7-5(2-6)8-4/h4-5H,2-3H2,1H3/t4-,5?/m0/s1. The van der Waals surface area contributed by atoms with Crippen molar-refractivity contribution in [1.29, 1.82) is 0 Å². The summed E-state index contributed by atoms with van der Waals surface area (Å²) in [5, 5.41) is 0. The molecule has 1 aliphatic heterocycles. The summed E-state index contributed by atoms with van der Waals surface area (Å²) >= 11 is 5.42. The third-order valence-corrected chi connectivity index (χ3v) is 1.28. The fraction of sp³-hybridized carbons (Fsp3) is 1.00. The third-order valence-electron chi connectivity index (χ3n) is 1.03. The molecule has 2 nitrogen and oxygen atoms in total. The Labute approximate surface area is 53.7 Å². The van der Waals surface area contributed by atoms with Crippen molar-refractivity contribution in [1.82, 2.24) is 0 Å². The summed E-state index contributed by atoms with van der Waals surface area (Å²) in [6.07, 6.45) is 0.0606. The number of hydrogen-bond donors (Lipinski definition) is 0. The summed E-state index contributed by atoms with van der Waals surface area (Å²) < 4.78 is 10.2. The Morgan fingerprint density at radius 1 is 1.75 bits per heavy atom. The predicted octanol–water partition coefficient (Wildman–Crippen LogP) is 0.987. The first-order chi connectivity index (χ1) is 3.83. The van der Waals surface area contributed by atoms with Crippen LogP contribution in [-0.4, -0.2) is 24.9 Å². The first-order valence-corrected chi connectivity index (χ1v) is 3.19. The average molecular weight is 137 g/mol. The van der Waals surface area contributed by atoms with Crippen LogP contribution in [0.25, 0.3) is 0 Å². The second-order valence-corrected chi connectivity index (χ2v) is 2.17. The Balaban J connectivity index is 2.22. The highest BCUT2D eigenvalue weighted by molar-refractivity contribution is 6.18. The van der Waals surface area contributed by atoms with Crippen LogP contribution in [0.5, 0.6) is 0 Å². The minimum absolute atomic E-state index is 0.160. The minimum Gasteiger partial charge on any atom is -0.349 e. The van der Waals surface area contributed by atoms with Gasteiger partial charge in [0.2, 0.25) is 0 Å². The van der Waals surface area contributed by atoms with E-state index in [1.54, 1.807) is 0 Å². The van der Waals surface area contributed by atoms with Crippen LogP contribution in [0.3, 0.4) is 0 Å². The van der Waals surface area contributed by atoms with Gasteiger partial charge < -0.3 is 9.47 Å². The molecular weight excluding hydrogens is 128 g/mol. The zero-order valence-electron chi connectivity index (χ0n) is 4.76. The molecule has 0 aromatic carbocycles. The van der Waals surface area contributed by atoms with E-state index in [0.717, 1.165) is 0 Å². The van der Waals surface area contributed by atoms with Crippen LogP contribution in [0.2, 0.25) is 0 Å². The fourth-order valence-corrected chi connectivity index (χ4v) is 0.823. The van der Waals surface area contributed by atoms with Gasteiger partial charge in [-0.05, 0) is 6.92 Å². The quantitative estimate of drug-likeness (QED) is 0.501. The highest BCUT2D eigenvalue weighted by Gasteiger charge is 2.20. The molecule has 0 radical (unpaired) electrons. The van der Waals surface area contributed by atoms with Crippen LogP contribution in [-0.2, 0) is 9.47 Å². The lowest BCUT2D eigenvalue weighted by Crippen LogP contribution is -2.10. The Kier molecular flexibility index (Phi) is 2.11. The van der Waals surface area contributed by atoms with Crippen molar-refractivity contribution in [3.05, 3.63) is 0 Å². The molecule has 48 valence electrons. The van der Waals surface area contributed by atoms with E-state index < -0.39 is 0 Å². The molecule has 0 saturated carbocycles. The summed E-state index contributed by atoms with van der Waals surface area (Å²) in [5.74, 6) is 0.435. The van der Waals surface area contributed by atoms with Crippen LogP contribution >= 0.6 is 11.6 Å². The molecule has 0 aromatic heterocycles. The fourth-order valence-electron chi connectivity index (χ4n) is 0.661. The monoisotopic (exact) mass is 136 g/mol. The smallest absolute Gasteiger partial charge is 0.171 e. The molecule has 0 aliphatic carbocycles. The lowest BCUT2D eigenvalue weighted by Gasteiger charge is -2.02. The van der Waals surface area contributed by atoms with E-state index in [2.05, 4.69) is 0 Å². The van der Waals surface area contributed by atoms with E-state index in [9.17, 15) is 0 Å². The Bertz CT molecular complexity index is 76.8. The first-order valence-electron chi connectivity index (χ1n) is 2.66. The van der Waals surface area contributed by atoms with Gasteiger partial charge in [0.05, 0.1) is 18.6 Å². The van der Waals surface area contributed by atoms with Gasteiger partial charge in [0.25, 0.3) is 0 Å². The van der Waals surface area contributed by atoms with E-state index in [-0.39, 0.29) is 12.4 Å².